The van der Waals surface area contributed by atoms with Gasteiger partial charge in [0.25, 0.3) is 0 Å². The fraction of sp³-hybridized carbons (Fsp3) is 0.421. The van der Waals surface area contributed by atoms with E-state index in [0.717, 1.165) is 30.6 Å². The zero-order valence-corrected chi connectivity index (χ0v) is 17.1. The largest absolute Gasteiger partial charge is 0.322 e. The molecule has 8 heteroatoms. The standard InChI is InChI=1S/C19H25N3O3S2/c1-21(15-17-9-7-13-26-17)19(23)20-16-8-6-10-18(14-16)27(24,25)22-11-4-2-3-5-12-22/h6-10,13-14H,2-5,11-12,15H2,1H3,(H,20,23). The van der Waals surface area contributed by atoms with Crippen LogP contribution in [0.25, 0.3) is 0 Å². The van der Waals surface area contributed by atoms with Crippen LogP contribution in [0.3, 0.4) is 0 Å². The van der Waals surface area contributed by atoms with Crippen molar-refractivity contribution in [2.75, 3.05) is 25.5 Å². The molecule has 27 heavy (non-hydrogen) atoms. The van der Waals surface area contributed by atoms with Crippen molar-refractivity contribution in [1.82, 2.24) is 9.21 Å². The molecule has 2 heterocycles. The van der Waals surface area contributed by atoms with Crippen LogP contribution in [0, 0.1) is 0 Å². The molecule has 1 fully saturated rings. The van der Waals surface area contributed by atoms with Crippen molar-refractivity contribution >= 4 is 33.1 Å². The second-order valence-electron chi connectivity index (χ2n) is 6.71. The van der Waals surface area contributed by atoms with E-state index in [9.17, 15) is 13.2 Å². The second kappa shape index (κ2) is 8.86. The van der Waals surface area contributed by atoms with Gasteiger partial charge in [0.1, 0.15) is 0 Å². The highest BCUT2D eigenvalue weighted by Crippen LogP contribution is 2.23. The minimum atomic E-state index is -3.53. The Morgan fingerprint density at radius 3 is 2.56 bits per heavy atom. The van der Waals surface area contributed by atoms with Crippen LogP contribution in [0.2, 0.25) is 0 Å². The second-order valence-corrected chi connectivity index (χ2v) is 9.68. The summed E-state index contributed by atoms with van der Waals surface area (Å²) in [5.41, 5.74) is 0.480. The average Bonchev–Trinajstić information content (AvgIpc) is 3.00. The van der Waals surface area contributed by atoms with E-state index in [4.69, 9.17) is 0 Å². The normalized spacial score (nSPS) is 15.9. The summed E-state index contributed by atoms with van der Waals surface area (Å²) in [5.74, 6) is 0. The van der Waals surface area contributed by atoms with Gasteiger partial charge >= 0.3 is 6.03 Å². The molecule has 0 saturated carbocycles. The maximum atomic E-state index is 12.9. The van der Waals surface area contributed by atoms with Crippen LogP contribution >= 0.6 is 11.3 Å². The maximum absolute atomic E-state index is 12.9. The van der Waals surface area contributed by atoms with Crippen LogP contribution in [0.15, 0.2) is 46.7 Å². The highest BCUT2D eigenvalue weighted by Gasteiger charge is 2.25. The van der Waals surface area contributed by atoms with Crippen molar-refractivity contribution in [3.8, 4) is 0 Å². The number of sulfonamides is 1. The smallest absolute Gasteiger partial charge is 0.321 e. The Hall–Kier alpha value is -1.90. The lowest BCUT2D eigenvalue weighted by Crippen LogP contribution is -2.32. The molecule has 0 atom stereocenters. The lowest BCUT2D eigenvalue weighted by Gasteiger charge is -2.21. The SMILES string of the molecule is CN(Cc1cccs1)C(=O)Nc1cccc(S(=O)(=O)N2CCCCCC2)c1. The molecular formula is C19H25N3O3S2. The number of hydrogen-bond acceptors (Lipinski definition) is 4. The van der Waals surface area contributed by atoms with Gasteiger partial charge in [0.15, 0.2) is 0 Å². The number of nitrogens with one attached hydrogen (secondary N) is 1. The highest BCUT2D eigenvalue weighted by atomic mass is 32.2. The number of carbonyl (C=O) groups excluding carboxylic acids is 1. The fourth-order valence-corrected chi connectivity index (χ4v) is 5.41. The van der Waals surface area contributed by atoms with Crippen LogP contribution < -0.4 is 5.32 Å². The van der Waals surface area contributed by atoms with E-state index in [1.807, 2.05) is 17.5 Å². The minimum Gasteiger partial charge on any atom is -0.322 e. The predicted molar refractivity (Wildman–Crippen MR) is 108 cm³/mol. The van der Waals surface area contributed by atoms with Crippen molar-refractivity contribution in [2.45, 2.75) is 37.1 Å². The zero-order valence-electron chi connectivity index (χ0n) is 15.4. The summed E-state index contributed by atoms with van der Waals surface area (Å²) in [4.78, 5) is 15.3. The van der Waals surface area contributed by atoms with Gasteiger partial charge in [-0.05, 0) is 42.5 Å². The van der Waals surface area contributed by atoms with Crippen LogP contribution in [-0.2, 0) is 16.6 Å². The van der Waals surface area contributed by atoms with E-state index >= 15 is 0 Å². The summed E-state index contributed by atoms with van der Waals surface area (Å²) in [6.45, 7) is 1.63. The molecule has 0 unspecified atom stereocenters. The van der Waals surface area contributed by atoms with Crippen LogP contribution in [-0.4, -0.2) is 43.8 Å². The Balaban J connectivity index is 1.70. The van der Waals surface area contributed by atoms with Gasteiger partial charge in [-0.2, -0.15) is 4.31 Å². The van der Waals surface area contributed by atoms with E-state index in [-0.39, 0.29) is 10.9 Å². The molecule has 1 N–H and O–H groups in total. The summed E-state index contributed by atoms with van der Waals surface area (Å²) < 4.78 is 27.4. The third-order valence-corrected chi connectivity index (χ3v) is 7.36. The molecule has 0 radical (unpaired) electrons. The molecule has 1 aliphatic heterocycles. The first-order valence-corrected chi connectivity index (χ1v) is 11.4. The third-order valence-electron chi connectivity index (χ3n) is 4.61. The van der Waals surface area contributed by atoms with Crippen LogP contribution in [0.4, 0.5) is 10.5 Å². The Morgan fingerprint density at radius 2 is 1.89 bits per heavy atom. The van der Waals surface area contributed by atoms with Gasteiger partial charge in [0.2, 0.25) is 10.0 Å². The van der Waals surface area contributed by atoms with Crippen molar-refractivity contribution in [1.29, 1.82) is 0 Å². The molecular weight excluding hydrogens is 382 g/mol. The maximum Gasteiger partial charge on any atom is 0.321 e. The number of amides is 2. The van der Waals surface area contributed by atoms with Crippen LogP contribution in [0.5, 0.6) is 0 Å². The highest BCUT2D eigenvalue weighted by molar-refractivity contribution is 7.89. The molecule has 2 amide bonds. The molecule has 6 nitrogen and oxygen atoms in total. The molecule has 2 aromatic rings. The Kier molecular flexibility index (Phi) is 6.51. The fourth-order valence-electron chi connectivity index (χ4n) is 3.09. The summed E-state index contributed by atoms with van der Waals surface area (Å²) in [7, 11) is -1.82. The summed E-state index contributed by atoms with van der Waals surface area (Å²) in [6.07, 6.45) is 3.92. The number of anilines is 1. The van der Waals surface area contributed by atoms with Crippen molar-refractivity contribution in [3.63, 3.8) is 0 Å². The molecule has 1 aliphatic rings. The van der Waals surface area contributed by atoms with Gasteiger partial charge in [-0.3, -0.25) is 0 Å². The van der Waals surface area contributed by atoms with Crippen molar-refractivity contribution in [2.24, 2.45) is 0 Å². The number of benzene rings is 1. The van der Waals surface area contributed by atoms with Crippen LogP contribution in [0.1, 0.15) is 30.6 Å². The molecule has 1 aromatic carbocycles. The lowest BCUT2D eigenvalue weighted by molar-refractivity contribution is 0.221. The van der Waals surface area contributed by atoms with Gasteiger partial charge in [-0.1, -0.05) is 25.0 Å². The van der Waals surface area contributed by atoms with Crippen molar-refractivity contribution in [3.05, 3.63) is 46.7 Å². The molecule has 1 saturated heterocycles. The van der Waals surface area contributed by atoms with E-state index in [2.05, 4.69) is 5.32 Å². The topological polar surface area (TPSA) is 69.7 Å². The zero-order chi connectivity index (χ0) is 19.3. The van der Waals surface area contributed by atoms with Gasteiger partial charge in [-0.15, -0.1) is 11.3 Å². The van der Waals surface area contributed by atoms with Gasteiger partial charge in [0, 0.05) is 30.7 Å². The molecule has 0 aliphatic carbocycles. The Morgan fingerprint density at radius 1 is 1.15 bits per heavy atom. The molecule has 3 rings (SSSR count). The predicted octanol–water partition coefficient (Wildman–Crippen LogP) is 3.98. The summed E-state index contributed by atoms with van der Waals surface area (Å²) in [6, 6.07) is 10.2. The van der Waals surface area contributed by atoms with Gasteiger partial charge in [-0.25, -0.2) is 13.2 Å². The Labute approximate surface area is 164 Å². The molecule has 1 aromatic heterocycles. The quantitative estimate of drug-likeness (QED) is 0.815. The number of hydrogen-bond donors (Lipinski definition) is 1. The number of nitrogens with zero attached hydrogens (tertiary/aromatic N) is 2. The first-order chi connectivity index (χ1) is 13.0. The van der Waals surface area contributed by atoms with Gasteiger partial charge in [0.05, 0.1) is 11.4 Å². The van der Waals surface area contributed by atoms with Gasteiger partial charge < -0.3 is 10.2 Å². The third kappa shape index (κ3) is 5.09. The molecule has 0 bridgehead atoms. The van der Waals surface area contributed by atoms with E-state index in [0.29, 0.717) is 25.3 Å². The number of urea groups is 1. The first-order valence-electron chi connectivity index (χ1n) is 9.11. The Bertz CT molecular complexity index is 858. The molecule has 146 valence electrons. The average molecular weight is 408 g/mol. The number of rotatable bonds is 5. The van der Waals surface area contributed by atoms with E-state index < -0.39 is 10.0 Å². The number of thiophene rings is 1. The summed E-state index contributed by atoms with van der Waals surface area (Å²) >= 11 is 1.59. The summed E-state index contributed by atoms with van der Waals surface area (Å²) in [5, 5.41) is 4.76. The van der Waals surface area contributed by atoms with E-state index in [1.165, 1.54) is 6.07 Å². The number of carbonyl (C=O) groups is 1. The van der Waals surface area contributed by atoms with E-state index in [1.54, 1.807) is 45.8 Å². The van der Waals surface area contributed by atoms with Crippen molar-refractivity contribution < 1.29 is 13.2 Å². The lowest BCUT2D eigenvalue weighted by atomic mass is 10.2. The minimum absolute atomic E-state index is 0.225. The molecule has 0 spiro atoms. The first kappa shape index (κ1) is 19.9. The monoisotopic (exact) mass is 407 g/mol.